The van der Waals surface area contributed by atoms with Gasteiger partial charge in [0.1, 0.15) is 5.52 Å². The molecule has 0 spiro atoms. The third-order valence-corrected chi connectivity index (χ3v) is 5.82. The zero-order valence-electron chi connectivity index (χ0n) is 16.2. The van der Waals surface area contributed by atoms with Gasteiger partial charge < -0.3 is 9.88 Å². The maximum absolute atomic E-state index is 12.7. The molecule has 6 nitrogen and oxygen atoms in total. The van der Waals surface area contributed by atoms with Crippen LogP contribution in [0.15, 0.2) is 47.6 Å². The molecule has 0 aliphatic heterocycles. The first-order valence-electron chi connectivity index (χ1n) is 9.07. The van der Waals surface area contributed by atoms with Gasteiger partial charge in [0.05, 0.1) is 10.8 Å². The highest BCUT2D eigenvalue weighted by molar-refractivity contribution is 8.00. The summed E-state index contributed by atoms with van der Waals surface area (Å²) in [7, 11) is 1.96. The van der Waals surface area contributed by atoms with Crippen LogP contribution in [0.2, 0.25) is 0 Å². The zero-order valence-corrected chi connectivity index (χ0v) is 17.0. The standard InChI is InChI=1S/C21H21N5OS/c1-12-8-7-9-13(2)17(12)22-20(27)14(3)28-21-23-19-18(24-25-21)15-10-5-6-11-16(15)26(19)4/h5-11,14H,1-4H3,(H,22,27). The number of nitrogens with zero attached hydrogens (tertiary/aromatic N) is 4. The second kappa shape index (κ2) is 7.24. The number of hydrogen-bond acceptors (Lipinski definition) is 5. The van der Waals surface area contributed by atoms with E-state index in [9.17, 15) is 4.79 Å². The molecule has 0 saturated heterocycles. The van der Waals surface area contributed by atoms with Gasteiger partial charge in [-0.1, -0.05) is 48.2 Å². The molecule has 1 amide bonds. The molecular formula is C21H21N5OS. The van der Waals surface area contributed by atoms with Crippen molar-refractivity contribution in [3.05, 3.63) is 53.6 Å². The van der Waals surface area contributed by atoms with E-state index in [4.69, 9.17) is 0 Å². The SMILES string of the molecule is Cc1cccc(C)c1NC(=O)C(C)Sc1nnc2c3ccccc3n(C)c2n1. The highest BCUT2D eigenvalue weighted by Crippen LogP contribution is 2.28. The number of amides is 1. The lowest BCUT2D eigenvalue weighted by molar-refractivity contribution is -0.115. The lowest BCUT2D eigenvalue weighted by Crippen LogP contribution is -2.23. The molecule has 0 aliphatic carbocycles. The van der Waals surface area contributed by atoms with Crippen LogP contribution in [0, 0.1) is 13.8 Å². The smallest absolute Gasteiger partial charge is 0.237 e. The molecule has 4 rings (SSSR count). The van der Waals surface area contributed by atoms with Crippen molar-refractivity contribution in [3.63, 3.8) is 0 Å². The summed E-state index contributed by atoms with van der Waals surface area (Å²) < 4.78 is 2.00. The van der Waals surface area contributed by atoms with Crippen LogP contribution in [0.1, 0.15) is 18.1 Å². The molecule has 4 aromatic rings. The van der Waals surface area contributed by atoms with Crippen LogP contribution in [-0.4, -0.2) is 30.9 Å². The van der Waals surface area contributed by atoms with Crippen molar-refractivity contribution in [2.24, 2.45) is 7.05 Å². The maximum atomic E-state index is 12.7. The number of carbonyl (C=O) groups excluding carboxylic acids is 1. The number of aryl methyl sites for hydroxylation is 3. The van der Waals surface area contributed by atoms with Crippen LogP contribution < -0.4 is 5.32 Å². The average Bonchev–Trinajstić information content (AvgIpc) is 2.97. The molecule has 0 saturated carbocycles. The number of hydrogen-bond donors (Lipinski definition) is 1. The minimum absolute atomic E-state index is 0.0804. The topological polar surface area (TPSA) is 72.7 Å². The van der Waals surface area contributed by atoms with Gasteiger partial charge in [0.15, 0.2) is 5.65 Å². The van der Waals surface area contributed by atoms with Crippen molar-refractivity contribution in [1.29, 1.82) is 0 Å². The van der Waals surface area contributed by atoms with Crippen LogP contribution in [-0.2, 0) is 11.8 Å². The van der Waals surface area contributed by atoms with Crippen LogP contribution >= 0.6 is 11.8 Å². The monoisotopic (exact) mass is 391 g/mol. The van der Waals surface area contributed by atoms with E-state index in [-0.39, 0.29) is 11.2 Å². The average molecular weight is 392 g/mol. The predicted octanol–water partition coefficient (Wildman–Crippen LogP) is 4.25. The number of carbonyl (C=O) groups is 1. The van der Waals surface area contributed by atoms with Gasteiger partial charge in [-0.3, -0.25) is 4.79 Å². The van der Waals surface area contributed by atoms with E-state index in [1.807, 2.05) is 74.9 Å². The summed E-state index contributed by atoms with van der Waals surface area (Å²) in [5, 5.41) is 12.8. The quantitative estimate of drug-likeness (QED) is 0.527. The van der Waals surface area contributed by atoms with Gasteiger partial charge in [0.25, 0.3) is 0 Å². The second-order valence-corrected chi connectivity index (χ2v) is 8.17. The molecule has 2 aromatic carbocycles. The van der Waals surface area contributed by atoms with Gasteiger partial charge in [-0.25, -0.2) is 4.98 Å². The fraction of sp³-hybridized carbons (Fsp3) is 0.238. The fourth-order valence-corrected chi connectivity index (χ4v) is 4.00. The molecule has 1 unspecified atom stereocenters. The van der Waals surface area contributed by atoms with Gasteiger partial charge in [0.2, 0.25) is 11.1 Å². The number of rotatable bonds is 4. The molecule has 0 fully saturated rings. The molecule has 0 radical (unpaired) electrons. The number of thioether (sulfide) groups is 1. The van der Waals surface area contributed by atoms with Gasteiger partial charge in [-0.15, -0.1) is 10.2 Å². The minimum Gasteiger partial charge on any atom is -0.327 e. The van der Waals surface area contributed by atoms with Crippen LogP contribution in [0.4, 0.5) is 5.69 Å². The molecule has 28 heavy (non-hydrogen) atoms. The molecule has 7 heteroatoms. The molecule has 0 aliphatic rings. The Morgan fingerprint density at radius 1 is 1.07 bits per heavy atom. The van der Waals surface area contributed by atoms with Crippen molar-refractivity contribution >= 4 is 45.4 Å². The van der Waals surface area contributed by atoms with E-state index in [1.54, 1.807) is 0 Å². The van der Waals surface area contributed by atoms with Crippen molar-refractivity contribution in [1.82, 2.24) is 19.7 Å². The Balaban J connectivity index is 1.58. The highest BCUT2D eigenvalue weighted by Gasteiger charge is 2.19. The van der Waals surface area contributed by atoms with Crippen molar-refractivity contribution < 1.29 is 4.79 Å². The second-order valence-electron chi connectivity index (χ2n) is 6.86. The highest BCUT2D eigenvalue weighted by atomic mass is 32.2. The van der Waals surface area contributed by atoms with E-state index < -0.39 is 0 Å². The molecule has 142 valence electrons. The molecule has 1 atom stereocenters. The first kappa shape index (κ1) is 18.4. The van der Waals surface area contributed by atoms with E-state index >= 15 is 0 Å². The van der Waals surface area contributed by atoms with Crippen LogP contribution in [0.25, 0.3) is 22.1 Å². The van der Waals surface area contributed by atoms with Crippen molar-refractivity contribution in [2.45, 2.75) is 31.2 Å². The van der Waals surface area contributed by atoms with E-state index in [2.05, 4.69) is 20.5 Å². The first-order chi connectivity index (χ1) is 13.5. The predicted molar refractivity (Wildman–Crippen MR) is 114 cm³/mol. The Morgan fingerprint density at radius 2 is 1.79 bits per heavy atom. The lowest BCUT2D eigenvalue weighted by atomic mass is 10.1. The third kappa shape index (κ3) is 3.22. The summed E-state index contributed by atoms with van der Waals surface area (Å²) >= 11 is 1.31. The summed E-state index contributed by atoms with van der Waals surface area (Å²) in [6.45, 7) is 5.82. The van der Waals surface area contributed by atoms with Gasteiger partial charge in [-0.2, -0.15) is 0 Å². The summed E-state index contributed by atoms with van der Waals surface area (Å²) in [4.78, 5) is 17.3. The molecule has 1 N–H and O–H groups in total. The van der Waals surface area contributed by atoms with Gasteiger partial charge >= 0.3 is 0 Å². The molecule has 0 bridgehead atoms. The lowest BCUT2D eigenvalue weighted by Gasteiger charge is -2.14. The Bertz CT molecular complexity index is 1180. The first-order valence-corrected chi connectivity index (χ1v) is 9.95. The Labute approximate surface area is 167 Å². The van der Waals surface area contributed by atoms with Gasteiger partial charge in [0, 0.05) is 18.1 Å². The van der Waals surface area contributed by atoms with Crippen molar-refractivity contribution in [3.8, 4) is 0 Å². The number of fused-ring (bicyclic) bond motifs is 3. The summed E-state index contributed by atoms with van der Waals surface area (Å²) in [5.41, 5.74) is 5.54. The summed E-state index contributed by atoms with van der Waals surface area (Å²) in [6.07, 6.45) is 0. The minimum atomic E-state index is -0.354. The maximum Gasteiger partial charge on any atom is 0.237 e. The van der Waals surface area contributed by atoms with E-state index in [0.717, 1.165) is 38.9 Å². The number of benzene rings is 2. The van der Waals surface area contributed by atoms with Gasteiger partial charge in [-0.05, 0) is 38.0 Å². The van der Waals surface area contributed by atoms with E-state index in [1.165, 1.54) is 11.8 Å². The molecule has 2 aromatic heterocycles. The van der Waals surface area contributed by atoms with Crippen LogP contribution in [0.5, 0.6) is 0 Å². The Hall–Kier alpha value is -2.93. The Morgan fingerprint density at radius 3 is 2.54 bits per heavy atom. The zero-order chi connectivity index (χ0) is 19.8. The fourth-order valence-electron chi connectivity index (χ4n) is 3.29. The largest absolute Gasteiger partial charge is 0.327 e. The number of nitrogens with one attached hydrogen (secondary N) is 1. The normalized spacial score (nSPS) is 12.4. The summed E-state index contributed by atoms with van der Waals surface area (Å²) in [6, 6.07) is 14.0. The number of aromatic nitrogens is 4. The number of para-hydroxylation sites is 2. The third-order valence-electron chi connectivity index (χ3n) is 4.87. The van der Waals surface area contributed by atoms with Crippen LogP contribution in [0.3, 0.4) is 0 Å². The number of anilines is 1. The van der Waals surface area contributed by atoms with Crippen molar-refractivity contribution in [2.75, 3.05) is 5.32 Å². The Kier molecular flexibility index (Phi) is 4.77. The van der Waals surface area contributed by atoms with E-state index in [0.29, 0.717) is 5.16 Å². The summed E-state index contributed by atoms with van der Waals surface area (Å²) in [5.74, 6) is -0.0804. The molecule has 2 heterocycles. The molecular weight excluding hydrogens is 370 g/mol.